The van der Waals surface area contributed by atoms with Crippen molar-refractivity contribution in [3.63, 3.8) is 0 Å². The van der Waals surface area contributed by atoms with Crippen LogP contribution in [0.2, 0.25) is 0 Å². The van der Waals surface area contributed by atoms with Crippen LogP contribution in [0.3, 0.4) is 0 Å². The van der Waals surface area contributed by atoms with E-state index in [1.807, 2.05) is 0 Å². The molecular formula is C15H18O8. The SMILES string of the molecule is O=C(O)/C=C/c1ccc(O[C@@H]2O[C@H](CO)[C@H](O)[C@H](O)[C@H]2O)cc1. The Hall–Kier alpha value is -1.97. The van der Waals surface area contributed by atoms with E-state index in [0.717, 1.165) is 6.08 Å². The third-order valence-electron chi connectivity index (χ3n) is 3.40. The van der Waals surface area contributed by atoms with Crippen LogP contribution in [0.1, 0.15) is 5.56 Å². The van der Waals surface area contributed by atoms with Crippen LogP contribution in [-0.4, -0.2) is 68.8 Å². The van der Waals surface area contributed by atoms with Gasteiger partial charge in [0.05, 0.1) is 6.61 Å². The molecule has 1 aliphatic rings. The summed E-state index contributed by atoms with van der Waals surface area (Å²) in [6.07, 6.45) is -4.35. The summed E-state index contributed by atoms with van der Waals surface area (Å²) in [5, 5.41) is 46.9. The lowest BCUT2D eigenvalue weighted by Gasteiger charge is -2.39. The molecule has 0 unspecified atom stereocenters. The molecule has 1 fully saturated rings. The molecule has 126 valence electrons. The monoisotopic (exact) mass is 326 g/mol. The zero-order valence-electron chi connectivity index (χ0n) is 12.0. The number of aliphatic hydroxyl groups excluding tert-OH is 4. The summed E-state index contributed by atoms with van der Waals surface area (Å²) in [5.74, 6) is -0.756. The number of carboxylic acids is 1. The molecule has 0 amide bonds. The van der Waals surface area contributed by atoms with Gasteiger partial charge in [-0.2, -0.15) is 0 Å². The predicted octanol–water partition coefficient (Wildman–Crippen LogP) is -1.04. The summed E-state index contributed by atoms with van der Waals surface area (Å²) in [6.45, 7) is -0.538. The van der Waals surface area contributed by atoms with E-state index in [4.69, 9.17) is 19.7 Å². The van der Waals surface area contributed by atoms with Gasteiger partial charge >= 0.3 is 5.97 Å². The number of benzene rings is 1. The lowest BCUT2D eigenvalue weighted by atomic mass is 9.99. The summed E-state index contributed by atoms with van der Waals surface area (Å²) in [6, 6.07) is 6.25. The number of aliphatic hydroxyl groups is 4. The minimum Gasteiger partial charge on any atom is -0.478 e. The Morgan fingerprint density at radius 1 is 1.13 bits per heavy atom. The molecule has 1 aromatic rings. The fraction of sp³-hybridized carbons (Fsp3) is 0.400. The van der Waals surface area contributed by atoms with Crippen molar-refractivity contribution in [2.24, 2.45) is 0 Å². The van der Waals surface area contributed by atoms with Crippen molar-refractivity contribution in [3.05, 3.63) is 35.9 Å². The van der Waals surface area contributed by atoms with E-state index < -0.39 is 43.3 Å². The van der Waals surface area contributed by atoms with Gasteiger partial charge in [-0.3, -0.25) is 0 Å². The maximum atomic E-state index is 10.4. The van der Waals surface area contributed by atoms with Gasteiger partial charge in [-0.1, -0.05) is 12.1 Å². The van der Waals surface area contributed by atoms with Crippen LogP contribution in [0, 0.1) is 0 Å². The van der Waals surface area contributed by atoms with E-state index in [9.17, 15) is 20.1 Å². The second-order valence-electron chi connectivity index (χ2n) is 5.06. The van der Waals surface area contributed by atoms with Crippen LogP contribution in [-0.2, 0) is 9.53 Å². The summed E-state index contributed by atoms with van der Waals surface area (Å²) < 4.78 is 10.6. The molecule has 2 rings (SSSR count). The Morgan fingerprint density at radius 3 is 2.35 bits per heavy atom. The first-order valence-electron chi connectivity index (χ1n) is 6.90. The molecule has 8 nitrogen and oxygen atoms in total. The van der Waals surface area contributed by atoms with Gasteiger partial charge in [0.1, 0.15) is 30.2 Å². The molecule has 23 heavy (non-hydrogen) atoms. The van der Waals surface area contributed by atoms with Crippen molar-refractivity contribution in [1.82, 2.24) is 0 Å². The van der Waals surface area contributed by atoms with E-state index in [1.54, 1.807) is 12.1 Å². The number of ether oxygens (including phenoxy) is 2. The summed E-state index contributed by atoms with van der Waals surface area (Å²) in [7, 11) is 0. The number of rotatable bonds is 5. The zero-order valence-corrected chi connectivity index (χ0v) is 12.0. The van der Waals surface area contributed by atoms with Crippen molar-refractivity contribution in [3.8, 4) is 5.75 Å². The first kappa shape index (κ1) is 17.4. The van der Waals surface area contributed by atoms with Crippen molar-refractivity contribution in [1.29, 1.82) is 0 Å². The molecule has 0 radical (unpaired) electrons. The minimum absolute atomic E-state index is 0.307. The largest absolute Gasteiger partial charge is 0.478 e. The van der Waals surface area contributed by atoms with Crippen LogP contribution in [0.25, 0.3) is 6.08 Å². The summed E-state index contributed by atoms with van der Waals surface area (Å²) in [5.41, 5.74) is 0.633. The first-order valence-corrected chi connectivity index (χ1v) is 6.90. The molecule has 5 N–H and O–H groups in total. The van der Waals surface area contributed by atoms with Gasteiger partial charge < -0.3 is 35.0 Å². The molecule has 1 saturated heterocycles. The topological polar surface area (TPSA) is 137 Å². The molecule has 0 bridgehead atoms. The fourth-order valence-electron chi connectivity index (χ4n) is 2.12. The number of hydrogen-bond donors (Lipinski definition) is 5. The molecule has 1 heterocycles. The molecular weight excluding hydrogens is 308 g/mol. The second-order valence-corrected chi connectivity index (χ2v) is 5.06. The summed E-state index contributed by atoms with van der Waals surface area (Å²) in [4.78, 5) is 10.4. The number of carbonyl (C=O) groups is 1. The van der Waals surface area contributed by atoms with Gasteiger partial charge in [-0.15, -0.1) is 0 Å². The molecule has 1 aliphatic heterocycles. The highest BCUT2D eigenvalue weighted by Crippen LogP contribution is 2.24. The van der Waals surface area contributed by atoms with E-state index in [1.165, 1.54) is 18.2 Å². The molecule has 8 heteroatoms. The van der Waals surface area contributed by atoms with Crippen LogP contribution in [0.4, 0.5) is 0 Å². The lowest BCUT2D eigenvalue weighted by Crippen LogP contribution is -2.60. The normalized spacial score (nSPS) is 31.2. The Balaban J connectivity index is 2.04. The van der Waals surface area contributed by atoms with E-state index >= 15 is 0 Å². The molecule has 0 saturated carbocycles. The average molecular weight is 326 g/mol. The Bertz CT molecular complexity index is 553. The van der Waals surface area contributed by atoms with E-state index in [-0.39, 0.29) is 0 Å². The van der Waals surface area contributed by atoms with Crippen molar-refractivity contribution < 1.29 is 39.8 Å². The molecule has 0 aromatic heterocycles. The highest BCUT2D eigenvalue weighted by atomic mass is 16.7. The third-order valence-corrected chi connectivity index (χ3v) is 3.40. The number of aliphatic carboxylic acids is 1. The van der Waals surface area contributed by atoms with Crippen LogP contribution in [0.15, 0.2) is 30.3 Å². The maximum absolute atomic E-state index is 10.4. The van der Waals surface area contributed by atoms with Crippen molar-refractivity contribution >= 4 is 12.0 Å². The van der Waals surface area contributed by atoms with E-state index in [2.05, 4.69) is 0 Å². The Morgan fingerprint density at radius 2 is 1.78 bits per heavy atom. The smallest absolute Gasteiger partial charge is 0.328 e. The molecule has 1 aromatic carbocycles. The molecule has 0 aliphatic carbocycles. The van der Waals surface area contributed by atoms with Gasteiger partial charge in [0.25, 0.3) is 0 Å². The molecule has 0 spiro atoms. The van der Waals surface area contributed by atoms with Crippen LogP contribution >= 0.6 is 0 Å². The highest BCUT2D eigenvalue weighted by molar-refractivity contribution is 5.85. The zero-order chi connectivity index (χ0) is 17.0. The third kappa shape index (κ3) is 4.27. The second kappa shape index (κ2) is 7.53. The standard InChI is InChI=1S/C15H18O8/c16-7-10-12(19)13(20)14(21)15(23-10)22-9-4-1-8(2-5-9)3-6-11(17)18/h1-6,10,12-16,19-21H,7H2,(H,17,18)/b6-3+/t10-,12+,13+,14-,15-/m1/s1. The van der Waals surface area contributed by atoms with Gasteiger partial charge in [0.15, 0.2) is 0 Å². The van der Waals surface area contributed by atoms with Gasteiger partial charge in [0, 0.05) is 6.08 Å². The lowest BCUT2D eigenvalue weighted by molar-refractivity contribution is -0.277. The van der Waals surface area contributed by atoms with E-state index in [0.29, 0.717) is 11.3 Å². The van der Waals surface area contributed by atoms with Gasteiger partial charge in [-0.05, 0) is 23.8 Å². The number of hydrogen-bond acceptors (Lipinski definition) is 7. The van der Waals surface area contributed by atoms with Crippen molar-refractivity contribution in [2.75, 3.05) is 6.61 Å². The van der Waals surface area contributed by atoms with Gasteiger partial charge in [0.2, 0.25) is 6.29 Å². The molecule has 5 atom stereocenters. The first-order chi connectivity index (χ1) is 10.9. The number of carboxylic acid groups (broad SMARTS) is 1. The highest BCUT2D eigenvalue weighted by Gasteiger charge is 2.44. The van der Waals surface area contributed by atoms with Crippen LogP contribution < -0.4 is 4.74 Å². The average Bonchev–Trinajstić information content (AvgIpc) is 2.54. The fourth-order valence-corrected chi connectivity index (χ4v) is 2.12. The predicted molar refractivity (Wildman–Crippen MR) is 77.5 cm³/mol. The van der Waals surface area contributed by atoms with Crippen LogP contribution in [0.5, 0.6) is 5.75 Å². The quantitative estimate of drug-likeness (QED) is 0.433. The van der Waals surface area contributed by atoms with Gasteiger partial charge in [-0.25, -0.2) is 4.79 Å². The van der Waals surface area contributed by atoms with Crippen molar-refractivity contribution in [2.45, 2.75) is 30.7 Å². The maximum Gasteiger partial charge on any atom is 0.328 e. The minimum atomic E-state index is -1.51. The Kier molecular flexibility index (Phi) is 5.69. The Labute approximate surface area is 131 Å². The summed E-state index contributed by atoms with van der Waals surface area (Å²) >= 11 is 0.